The van der Waals surface area contributed by atoms with Crippen molar-refractivity contribution >= 4 is 12.1 Å². The molecule has 2 atom stereocenters. The van der Waals surface area contributed by atoms with Gasteiger partial charge in [-0.15, -0.1) is 0 Å². The van der Waals surface area contributed by atoms with Crippen LogP contribution < -0.4 is 5.32 Å². The summed E-state index contributed by atoms with van der Waals surface area (Å²) in [6.07, 6.45) is -1.41. The van der Waals surface area contributed by atoms with Crippen molar-refractivity contribution in [2.75, 3.05) is 6.61 Å². The van der Waals surface area contributed by atoms with Gasteiger partial charge in [0.05, 0.1) is 6.10 Å². The molecule has 0 heterocycles. The minimum Gasteiger partial charge on any atom is -0.461 e. The molecule has 6 heteroatoms. The molecule has 0 fully saturated rings. The SMILES string of the molecule is CC(O)COC(=O)[C@H](C)NC(=O)OC(C)(C)C. The lowest BCUT2D eigenvalue weighted by Gasteiger charge is -2.21. The largest absolute Gasteiger partial charge is 0.461 e. The number of hydrogen-bond donors (Lipinski definition) is 2. The third-order valence-corrected chi connectivity index (χ3v) is 1.55. The molecule has 6 nitrogen and oxygen atoms in total. The number of hydrogen-bond acceptors (Lipinski definition) is 5. The van der Waals surface area contributed by atoms with E-state index in [1.165, 1.54) is 13.8 Å². The summed E-state index contributed by atoms with van der Waals surface area (Å²) in [6, 6.07) is -0.816. The first-order chi connectivity index (χ1) is 7.61. The lowest BCUT2D eigenvalue weighted by molar-refractivity contribution is -0.148. The molecule has 1 amide bonds. The maximum Gasteiger partial charge on any atom is 0.408 e. The standard InChI is InChI=1S/C11H21NO5/c1-7(13)6-16-9(14)8(2)12-10(15)17-11(3,4)5/h7-8,13H,6H2,1-5H3,(H,12,15)/t7?,8-/m0/s1. The second kappa shape index (κ2) is 6.44. The first kappa shape index (κ1) is 15.7. The second-order valence-electron chi connectivity index (χ2n) is 4.85. The minimum atomic E-state index is -0.816. The van der Waals surface area contributed by atoms with Crippen LogP contribution in [0.4, 0.5) is 4.79 Å². The number of aliphatic hydroxyl groups excluding tert-OH is 1. The van der Waals surface area contributed by atoms with Gasteiger partial charge in [0.2, 0.25) is 0 Å². The topological polar surface area (TPSA) is 84.9 Å². The molecule has 17 heavy (non-hydrogen) atoms. The first-order valence-corrected chi connectivity index (χ1v) is 5.46. The predicted octanol–water partition coefficient (Wildman–Crippen LogP) is 0.824. The van der Waals surface area contributed by atoms with Gasteiger partial charge in [0.25, 0.3) is 0 Å². The Labute approximate surface area is 101 Å². The summed E-state index contributed by atoms with van der Waals surface area (Å²) in [6.45, 7) is 8.06. The van der Waals surface area contributed by atoms with E-state index in [-0.39, 0.29) is 6.61 Å². The lowest BCUT2D eigenvalue weighted by atomic mass is 10.2. The Morgan fingerprint density at radius 3 is 2.24 bits per heavy atom. The van der Waals surface area contributed by atoms with Crippen LogP contribution in [0.2, 0.25) is 0 Å². The van der Waals surface area contributed by atoms with Gasteiger partial charge in [0.15, 0.2) is 0 Å². The molecule has 0 aliphatic heterocycles. The van der Waals surface area contributed by atoms with Crippen molar-refractivity contribution in [3.63, 3.8) is 0 Å². The van der Waals surface area contributed by atoms with Crippen molar-refractivity contribution in [3.8, 4) is 0 Å². The Balaban J connectivity index is 4.03. The molecule has 0 saturated carbocycles. The Hall–Kier alpha value is -1.30. The fourth-order valence-corrected chi connectivity index (χ4v) is 0.871. The van der Waals surface area contributed by atoms with Crippen LogP contribution in [0.25, 0.3) is 0 Å². The number of carbonyl (C=O) groups is 2. The summed E-state index contributed by atoms with van der Waals surface area (Å²) in [4.78, 5) is 22.7. The van der Waals surface area contributed by atoms with Gasteiger partial charge < -0.3 is 19.9 Å². The van der Waals surface area contributed by atoms with E-state index in [2.05, 4.69) is 5.32 Å². The number of carbonyl (C=O) groups excluding carboxylic acids is 2. The molecule has 0 bridgehead atoms. The van der Waals surface area contributed by atoms with Crippen molar-refractivity contribution in [1.29, 1.82) is 0 Å². The van der Waals surface area contributed by atoms with Gasteiger partial charge in [-0.05, 0) is 34.6 Å². The molecule has 0 spiro atoms. The van der Waals surface area contributed by atoms with E-state index in [0.29, 0.717) is 0 Å². The smallest absolute Gasteiger partial charge is 0.408 e. The van der Waals surface area contributed by atoms with Crippen molar-refractivity contribution in [3.05, 3.63) is 0 Å². The van der Waals surface area contributed by atoms with Gasteiger partial charge in [-0.3, -0.25) is 0 Å². The average Bonchev–Trinajstić information content (AvgIpc) is 2.10. The molecule has 0 aromatic rings. The summed E-state index contributed by atoms with van der Waals surface area (Å²) in [5, 5.41) is 11.3. The highest BCUT2D eigenvalue weighted by Crippen LogP contribution is 2.06. The molecule has 0 aliphatic carbocycles. The zero-order valence-corrected chi connectivity index (χ0v) is 10.9. The van der Waals surface area contributed by atoms with E-state index in [1.807, 2.05) is 0 Å². The summed E-state index contributed by atoms with van der Waals surface area (Å²) in [7, 11) is 0. The Morgan fingerprint density at radius 2 is 1.82 bits per heavy atom. The summed E-state index contributed by atoms with van der Waals surface area (Å²) < 4.78 is 9.71. The fourth-order valence-electron chi connectivity index (χ4n) is 0.871. The van der Waals surface area contributed by atoms with Crippen molar-refractivity contribution in [1.82, 2.24) is 5.32 Å². The van der Waals surface area contributed by atoms with E-state index in [9.17, 15) is 9.59 Å². The van der Waals surface area contributed by atoms with E-state index >= 15 is 0 Å². The van der Waals surface area contributed by atoms with E-state index in [4.69, 9.17) is 14.6 Å². The monoisotopic (exact) mass is 247 g/mol. The van der Waals surface area contributed by atoms with Crippen molar-refractivity contribution in [2.45, 2.75) is 52.4 Å². The molecule has 0 aliphatic rings. The third kappa shape index (κ3) is 8.50. The van der Waals surface area contributed by atoms with Crippen LogP contribution in [-0.2, 0) is 14.3 Å². The Kier molecular flexibility index (Phi) is 5.95. The molecule has 0 aromatic carbocycles. The van der Waals surface area contributed by atoms with Crippen LogP contribution in [0, 0.1) is 0 Å². The number of aliphatic hydroxyl groups is 1. The van der Waals surface area contributed by atoms with Crippen LogP contribution in [-0.4, -0.2) is 41.5 Å². The quantitative estimate of drug-likeness (QED) is 0.718. The molecular formula is C11H21NO5. The molecule has 0 saturated heterocycles. The molecule has 0 aromatic heterocycles. The molecule has 0 radical (unpaired) electrons. The van der Waals surface area contributed by atoms with Crippen molar-refractivity contribution < 1.29 is 24.2 Å². The number of alkyl carbamates (subject to hydrolysis) is 1. The van der Waals surface area contributed by atoms with Crippen LogP contribution >= 0.6 is 0 Å². The van der Waals surface area contributed by atoms with Crippen LogP contribution in [0.3, 0.4) is 0 Å². The highest BCUT2D eigenvalue weighted by Gasteiger charge is 2.21. The Bertz CT molecular complexity index is 270. The van der Waals surface area contributed by atoms with Gasteiger partial charge in [-0.1, -0.05) is 0 Å². The number of nitrogens with one attached hydrogen (secondary N) is 1. The Morgan fingerprint density at radius 1 is 1.29 bits per heavy atom. The highest BCUT2D eigenvalue weighted by molar-refractivity contribution is 5.81. The summed E-state index contributed by atoms with van der Waals surface area (Å²) >= 11 is 0. The zero-order chi connectivity index (χ0) is 13.6. The number of esters is 1. The highest BCUT2D eigenvalue weighted by atomic mass is 16.6. The molecular weight excluding hydrogens is 226 g/mol. The van der Waals surface area contributed by atoms with Gasteiger partial charge in [0, 0.05) is 0 Å². The van der Waals surface area contributed by atoms with Gasteiger partial charge in [-0.2, -0.15) is 0 Å². The summed E-state index contributed by atoms with van der Waals surface area (Å²) in [5.74, 6) is -0.614. The normalized spacial score (nSPS) is 14.7. The zero-order valence-electron chi connectivity index (χ0n) is 10.9. The number of amides is 1. The van der Waals surface area contributed by atoms with Crippen LogP contribution in [0.15, 0.2) is 0 Å². The predicted molar refractivity (Wildman–Crippen MR) is 61.5 cm³/mol. The molecule has 100 valence electrons. The maximum atomic E-state index is 11.3. The van der Waals surface area contributed by atoms with E-state index in [1.54, 1.807) is 20.8 Å². The van der Waals surface area contributed by atoms with E-state index < -0.39 is 29.8 Å². The molecule has 2 N–H and O–H groups in total. The fraction of sp³-hybridized carbons (Fsp3) is 0.818. The van der Waals surface area contributed by atoms with Crippen LogP contribution in [0.1, 0.15) is 34.6 Å². The van der Waals surface area contributed by atoms with Crippen molar-refractivity contribution in [2.24, 2.45) is 0 Å². The summed E-state index contributed by atoms with van der Waals surface area (Å²) in [5.41, 5.74) is -0.618. The van der Waals surface area contributed by atoms with Gasteiger partial charge in [-0.25, -0.2) is 9.59 Å². The third-order valence-electron chi connectivity index (χ3n) is 1.55. The lowest BCUT2D eigenvalue weighted by Crippen LogP contribution is -2.42. The average molecular weight is 247 g/mol. The van der Waals surface area contributed by atoms with Gasteiger partial charge in [0.1, 0.15) is 18.2 Å². The number of ether oxygens (including phenoxy) is 2. The maximum absolute atomic E-state index is 11.3. The second-order valence-corrected chi connectivity index (χ2v) is 4.85. The van der Waals surface area contributed by atoms with Gasteiger partial charge >= 0.3 is 12.1 Å². The first-order valence-electron chi connectivity index (χ1n) is 5.46. The molecule has 1 unspecified atom stereocenters. The van der Waals surface area contributed by atoms with Crippen LogP contribution in [0.5, 0.6) is 0 Å². The van der Waals surface area contributed by atoms with E-state index in [0.717, 1.165) is 0 Å². The number of rotatable bonds is 4. The minimum absolute atomic E-state index is 0.0980. The molecule has 0 rings (SSSR count).